The van der Waals surface area contributed by atoms with Crippen LogP contribution in [0.25, 0.3) is 0 Å². The van der Waals surface area contributed by atoms with E-state index in [1.807, 2.05) is 19.1 Å². The van der Waals surface area contributed by atoms with Crippen LogP contribution in [-0.2, 0) is 14.3 Å². The summed E-state index contributed by atoms with van der Waals surface area (Å²) in [4.78, 5) is 50.0. The van der Waals surface area contributed by atoms with Crippen LogP contribution >= 0.6 is 0 Å². The molecule has 4 fully saturated rings. The van der Waals surface area contributed by atoms with Gasteiger partial charge in [-0.05, 0) is 80.8 Å². The molecule has 4 aliphatic rings. The van der Waals surface area contributed by atoms with Crippen LogP contribution in [0.5, 0.6) is 0 Å². The van der Waals surface area contributed by atoms with E-state index in [0.717, 1.165) is 24.8 Å². The van der Waals surface area contributed by atoms with Crippen LogP contribution in [0.15, 0.2) is 24.3 Å². The lowest BCUT2D eigenvalue weighted by molar-refractivity contribution is -0.151. The topological polar surface area (TPSA) is 114 Å². The number of urea groups is 1. The Bertz CT molecular complexity index is 938. The van der Waals surface area contributed by atoms with Gasteiger partial charge in [0.1, 0.15) is 6.04 Å². The van der Waals surface area contributed by atoms with Crippen LogP contribution in [0, 0.1) is 30.6 Å². The maximum atomic E-state index is 12.6. The highest BCUT2D eigenvalue weighted by molar-refractivity contribution is 5.99. The summed E-state index contributed by atoms with van der Waals surface area (Å²) >= 11 is 0. The molecule has 4 bridgehead atoms. The van der Waals surface area contributed by atoms with Gasteiger partial charge in [0.2, 0.25) is 0 Å². The zero-order valence-corrected chi connectivity index (χ0v) is 20.2. The van der Waals surface area contributed by atoms with Crippen molar-refractivity contribution in [3.63, 3.8) is 0 Å². The van der Waals surface area contributed by atoms with Crippen molar-refractivity contribution in [3.05, 3.63) is 35.4 Å². The number of amides is 4. The van der Waals surface area contributed by atoms with Gasteiger partial charge in [0.25, 0.3) is 11.8 Å². The fourth-order valence-electron chi connectivity index (χ4n) is 6.47. The summed E-state index contributed by atoms with van der Waals surface area (Å²) in [7, 11) is 0. The first-order valence-electron chi connectivity index (χ1n) is 12.3. The Labute approximate surface area is 200 Å². The molecule has 0 saturated heterocycles. The van der Waals surface area contributed by atoms with E-state index in [9.17, 15) is 19.2 Å². The minimum Gasteiger partial charge on any atom is -0.454 e. The molecular formula is C26H35N3O5. The van der Waals surface area contributed by atoms with Crippen molar-refractivity contribution in [2.75, 3.05) is 6.61 Å². The monoisotopic (exact) mass is 469 g/mol. The number of imide groups is 1. The van der Waals surface area contributed by atoms with Crippen LogP contribution in [-0.4, -0.2) is 42.0 Å². The van der Waals surface area contributed by atoms with Crippen molar-refractivity contribution < 1.29 is 23.9 Å². The molecule has 0 radical (unpaired) electrons. The van der Waals surface area contributed by atoms with E-state index in [2.05, 4.69) is 16.0 Å². The summed E-state index contributed by atoms with van der Waals surface area (Å²) in [5.74, 6) is -0.0175. The van der Waals surface area contributed by atoms with Gasteiger partial charge in [0, 0.05) is 11.1 Å². The number of carbonyl (C=O) groups is 4. The van der Waals surface area contributed by atoms with Gasteiger partial charge in [-0.1, -0.05) is 32.0 Å². The van der Waals surface area contributed by atoms with Gasteiger partial charge in [-0.25, -0.2) is 9.59 Å². The number of hydrogen-bond acceptors (Lipinski definition) is 5. The van der Waals surface area contributed by atoms with E-state index in [0.29, 0.717) is 23.3 Å². The van der Waals surface area contributed by atoms with Crippen LogP contribution in [0.1, 0.15) is 68.3 Å². The molecule has 0 aliphatic heterocycles. The standard InChI is InChI=1S/C26H35N3O5/c1-15(2)22(28-23(31)20-7-5-4-6-16(20)3)24(32)34-14-21(30)27-25(33)29-26-11-17-8-18(12-26)10-19(9-17)13-26/h4-7,15,17-19,22H,8-14H2,1-3H3,(H,28,31)(H2,27,29,30,33)/t17?,18?,19?,22-,26?/m0/s1. The molecule has 1 aromatic carbocycles. The lowest BCUT2D eigenvalue weighted by Crippen LogP contribution is -2.62. The second-order valence-corrected chi connectivity index (χ2v) is 10.8. The average molecular weight is 470 g/mol. The van der Waals surface area contributed by atoms with Gasteiger partial charge in [0.15, 0.2) is 6.61 Å². The van der Waals surface area contributed by atoms with Gasteiger partial charge in [-0.3, -0.25) is 14.9 Å². The largest absolute Gasteiger partial charge is 0.454 e. The fourth-order valence-corrected chi connectivity index (χ4v) is 6.47. The number of carbonyl (C=O) groups excluding carboxylic acids is 4. The Morgan fingerprint density at radius 3 is 2.15 bits per heavy atom. The molecule has 8 heteroatoms. The Balaban J connectivity index is 1.26. The molecule has 4 aliphatic carbocycles. The van der Waals surface area contributed by atoms with Gasteiger partial charge < -0.3 is 15.4 Å². The lowest BCUT2D eigenvalue weighted by Gasteiger charge is -2.56. The quantitative estimate of drug-likeness (QED) is 0.531. The highest BCUT2D eigenvalue weighted by Crippen LogP contribution is 2.55. The van der Waals surface area contributed by atoms with Crippen LogP contribution in [0.4, 0.5) is 4.79 Å². The molecule has 4 amide bonds. The second-order valence-electron chi connectivity index (χ2n) is 10.8. The summed E-state index contributed by atoms with van der Waals surface area (Å²) in [6, 6.07) is 5.64. The Kier molecular flexibility index (Phi) is 6.96. The molecular weight excluding hydrogens is 434 g/mol. The minimum atomic E-state index is -0.916. The molecule has 5 rings (SSSR count). The fraction of sp³-hybridized carbons (Fsp3) is 0.615. The SMILES string of the molecule is Cc1ccccc1C(=O)N[C@H](C(=O)OCC(=O)NC(=O)NC12CC3CC(CC(C3)C1)C2)C(C)C. The normalized spacial score (nSPS) is 27.7. The maximum absolute atomic E-state index is 12.6. The van der Waals surface area contributed by atoms with Crippen molar-refractivity contribution in [3.8, 4) is 0 Å². The Morgan fingerprint density at radius 1 is 1.00 bits per heavy atom. The van der Waals surface area contributed by atoms with E-state index in [1.165, 1.54) is 19.3 Å². The first-order chi connectivity index (χ1) is 16.1. The van der Waals surface area contributed by atoms with Crippen LogP contribution in [0.2, 0.25) is 0 Å². The Hall–Kier alpha value is -2.90. The molecule has 1 aromatic rings. The molecule has 0 unspecified atom stereocenters. The maximum Gasteiger partial charge on any atom is 0.329 e. The van der Waals surface area contributed by atoms with Crippen molar-refractivity contribution >= 4 is 23.8 Å². The number of nitrogens with one attached hydrogen (secondary N) is 3. The third-order valence-corrected chi connectivity index (χ3v) is 7.61. The molecule has 8 nitrogen and oxygen atoms in total. The number of hydrogen-bond donors (Lipinski definition) is 3. The predicted molar refractivity (Wildman–Crippen MR) is 126 cm³/mol. The number of ether oxygens (including phenoxy) is 1. The van der Waals surface area contributed by atoms with Gasteiger partial charge in [-0.2, -0.15) is 0 Å². The first-order valence-corrected chi connectivity index (χ1v) is 12.3. The lowest BCUT2D eigenvalue weighted by atomic mass is 9.53. The summed E-state index contributed by atoms with van der Waals surface area (Å²) in [5.41, 5.74) is 1.05. The Morgan fingerprint density at radius 2 is 1.59 bits per heavy atom. The summed E-state index contributed by atoms with van der Waals surface area (Å²) in [6.45, 7) is 4.79. The number of aryl methyl sites for hydroxylation is 1. The molecule has 184 valence electrons. The zero-order valence-electron chi connectivity index (χ0n) is 20.2. The smallest absolute Gasteiger partial charge is 0.329 e. The molecule has 0 aromatic heterocycles. The molecule has 0 spiro atoms. The van der Waals surface area contributed by atoms with Crippen molar-refractivity contribution in [2.45, 2.75) is 70.9 Å². The van der Waals surface area contributed by atoms with Crippen LogP contribution < -0.4 is 16.0 Å². The summed E-state index contributed by atoms with van der Waals surface area (Å²) in [6.07, 6.45) is 6.71. The van der Waals surface area contributed by atoms with Crippen molar-refractivity contribution in [1.29, 1.82) is 0 Å². The second kappa shape index (κ2) is 9.76. The van der Waals surface area contributed by atoms with Gasteiger partial charge in [-0.15, -0.1) is 0 Å². The molecule has 4 saturated carbocycles. The first kappa shape index (κ1) is 24.2. The summed E-state index contributed by atoms with van der Waals surface area (Å²) in [5, 5.41) is 8.06. The molecule has 0 heterocycles. The van der Waals surface area contributed by atoms with Crippen molar-refractivity contribution in [1.82, 2.24) is 16.0 Å². The summed E-state index contributed by atoms with van der Waals surface area (Å²) < 4.78 is 5.14. The number of benzene rings is 1. The third kappa shape index (κ3) is 5.42. The van der Waals surface area contributed by atoms with E-state index in [-0.39, 0.29) is 17.4 Å². The molecule has 34 heavy (non-hydrogen) atoms. The number of rotatable bonds is 7. The van der Waals surface area contributed by atoms with Gasteiger partial charge >= 0.3 is 12.0 Å². The van der Waals surface area contributed by atoms with Gasteiger partial charge in [0.05, 0.1) is 0 Å². The third-order valence-electron chi connectivity index (χ3n) is 7.61. The van der Waals surface area contributed by atoms with Crippen molar-refractivity contribution in [2.24, 2.45) is 23.7 Å². The minimum absolute atomic E-state index is 0.210. The molecule has 3 N–H and O–H groups in total. The van der Waals surface area contributed by atoms with Crippen LogP contribution in [0.3, 0.4) is 0 Å². The highest BCUT2D eigenvalue weighted by Gasteiger charge is 2.51. The van der Waals surface area contributed by atoms with E-state index in [1.54, 1.807) is 26.0 Å². The van der Waals surface area contributed by atoms with E-state index >= 15 is 0 Å². The average Bonchev–Trinajstić information content (AvgIpc) is 2.74. The zero-order chi connectivity index (χ0) is 24.5. The molecule has 1 atom stereocenters. The predicted octanol–water partition coefficient (Wildman–Crippen LogP) is 3.09. The van der Waals surface area contributed by atoms with E-state index < -0.39 is 30.6 Å². The van der Waals surface area contributed by atoms with E-state index in [4.69, 9.17) is 4.74 Å². The number of esters is 1. The highest BCUT2D eigenvalue weighted by atomic mass is 16.5.